The van der Waals surface area contributed by atoms with Crippen LogP contribution in [0.4, 0.5) is 0 Å². The maximum absolute atomic E-state index is 11.6. The number of sulfone groups is 1. The van der Waals surface area contributed by atoms with Gasteiger partial charge in [-0.05, 0) is 27.3 Å². The van der Waals surface area contributed by atoms with Gasteiger partial charge in [0.1, 0.15) is 11.5 Å². The summed E-state index contributed by atoms with van der Waals surface area (Å²) in [5.41, 5.74) is 0.798. The SMILES string of the molecule is CCn1nc(-c2csc(C)n2)nc1CN(C)C1CCS(=O)(=O)C1. The van der Waals surface area contributed by atoms with Gasteiger partial charge in [0.25, 0.3) is 0 Å². The van der Waals surface area contributed by atoms with Gasteiger partial charge in [-0.15, -0.1) is 16.4 Å². The molecule has 9 heteroatoms. The zero-order valence-electron chi connectivity index (χ0n) is 13.6. The van der Waals surface area contributed by atoms with Crippen molar-refractivity contribution in [3.05, 3.63) is 16.2 Å². The third-order valence-electron chi connectivity index (χ3n) is 4.12. The first-order chi connectivity index (χ1) is 10.9. The molecule has 126 valence electrons. The van der Waals surface area contributed by atoms with E-state index < -0.39 is 9.84 Å². The highest BCUT2D eigenvalue weighted by atomic mass is 32.2. The summed E-state index contributed by atoms with van der Waals surface area (Å²) in [6.45, 7) is 5.29. The summed E-state index contributed by atoms with van der Waals surface area (Å²) in [4.78, 5) is 11.1. The Morgan fingerprint density at radius 1 is 1.43 bits per heavy atom. The maximum Gasteiger partial charge on any atom is 0.200 e. The van der Waals surface area contributed by atoms with Gasteiger partial charge >= 0.3 is 0 Å². The molecule has 1 unspecified atom stereocenters. The smallest absolute Gasteiger partial charge is 0.200 e. The summed E-state index contributed by atoms with van der Waals surface area (Å²) in [6, 6.07) is 0.0620. The number of aromatic nitrogens is 4. The summed E-state index contributed by atoms with van der Waals surface area (Å²) in [5.74, 6) is 2.01. The predicted octanol–water partition coefficient (Wildman–Crippen LogP) is 1.35. The van der Waals surface area contributed by atoms with Gasteiger partial charge in [-0.3, -0.25) is 4.90 Å². The lowest BCUT2D eigenvalue weighted by atomic mass is 10.2. The van der Waals surface area contributed by atoms with Crippen LogP contribution in [-0.2, 0) is 22.9 Å². The minimum Gasteiger partial charge on any atom is -0.295 e. The number of rotatable bonds is 5. The molecule has 0 saturated carbocycles. The largest absolute Gasteiger partial charge is 0.295 e. The van der Waals surface area contributed by atoms with Crippen molar-refractivity contribution in [3.8, 4) is 11.5 Å². The van der Waals surface area contributed by atoms with Gasteiger partial charge in [-0.25, -0.2) is 23.1 Å². The molecule has 0 N–H and O–H groups in total. The Hall–Kier alpha value is -1.32. The van der Waals surface area contributed by atoms with Gasteiger partial charge in [0.15, 0.2) is 9.84 Å². The first-order valence-electron chi connectivity index (χ1n) is 7.65. The zero-order valence-corrected chi connectivity index (χ0v) is 15.2. The van der Waals surface area contributed by atoms with Crippen LogP contribution in [0.2, 0.25) is 0 Å². The van der Waals surface area contributed by atoms with Gasteiger partial charge < -0.3 is 0 Å². The fourth-order valence-corrected chi connectivity index (χ4v) is 5.19. The molecular weight excluding hydrogens is 334 g/mol. The average Bonchev–Trinajstić information content (AvgIpc) is 3.17. The summed E-state index contributed by atoms with van der Waals surface area (Å²) in [6.07, 6.45) is 0.692. The molecule has 23 heavy (non-hydrogen) atoms. The Labute approximate surface area is 140 Å². The van der Waals surface area contributed by atoms with E-state index in [2.05, 4.69) is 20.0 Å². The molecular formula is C14H21N5O2S2. The van der Waals surface area contributed by atoms with E-state index >= 15 is 0 Å². The molecule has 1 aliphatic rings. The molecule has 0 aromatic carbocycles. The van der Waals surface area contributed by atoms with E-state index in [9.17, 15) is 8.42 Å². The molecule has 1 saturated heterocycles. The molecule has 0 radical (unpaired) electrons. The van der Waals surface area contributed by atoms with Crippen LogP contribution in [0.1, 0.15) is 24.2 Å². The Morgan fingerprint density at radius 3 is 2.78 bits per heavy atom. The lowest BCUT2D eigenvalue weighted by Crippen LogP contribution is -2.33. The molecule has 1 atom stereocenters. The van der Waals surface area contributed by atoms with E-state index in [0.717, 1.165) is 23.1 Å². The summed E-state index contributed by atoms with van der Waals surface area (Å²) in [5, 5.41) is 7.47. The molecule has 7 nitrogen and oxygen atoms in total. The fourth-order valence-electron chi connectivity index (χ4n) is 2.79. The topological polar surface area (TPSA) is 81.0 Å². The molecule has 0 aliphatic carbocycles. The van der Waals surface area contributed by atoms with Crippen molar-refractivity contribution in [2.75, 3.05) is 18.6 Å². The van der Waals surface area contributed by atoms with Crippen molar-refractivity contribution in [1.29, 1.82) is 0 Å². The number of nitrogens with zero attached hydrogens (tertiary/aromatic N) is 5. The quantitative estimate of drug-likeness (QED) is 0.805. The van der Waals surface area contributed by atoms with E-state index in [1.165, 1.54) is 0 Å². The molecule has 1 fully saturated rings. The highest BCUT2D eigenvalue weighted by Crippen LogP contribution is 2.21. The van der Waals surface area contributed by atoms with Crippen molar-refractivity contribution in [1.82, 2.24) is 24.6 Å². The van der Waals surface area contributed by atoms with Crippen LogP contribution < -0.4 is 0 Å². The first kappa shape index (κ1) is 16.5. The molecule has 1 aliphatic heterocycles. The Kier molecular flexibility index (Phi) is 4.52. The zero-order chi connectivity index (χ0) is 16.6. The summed E-state index contributed by atoms with van der Waals surface area (Å²) >= 11 is 1.58. The monoisotopic (exact) mass is 355 g/mol. The van der Waals surface area contributed by atoms with Crippen molar-refractivity contribution in [2.45, 2.75) is 39.4 Å². The van der Waals surface area contributed by atoms with E-state index in [0.29, 0.717) is 18.8 Å². The van der Waals surface area contributed by atoms with Gasteiger partial charge in [-0.2, -0.15) is 0 Å². The van der Waals surface area contributed by atoms with Crippen LogP contribution >= 0.6 is 11.3 Å². The molecule has 0 spiro atoms. The van der Waals surface area contributed by atoms with E-state index in [1.54, 1.807) is 11.3 Å². The average molecular weight is 355 g/mol. The molecule has 2 aromatic rings. The first-order valence-corrected chi connectivity index (χ1v) is 10.3. The van der Waals surface area contributed by atoms with Crippen molar-refractivity contribution < 1.29 is 8.42 Å². The number of hydrogen-bond acceptors (Lipinski definition) is 7. The number of aryl methyl sites for hydroxylation is 2. The predicted molar refractivity (Wildman–Crippen MR) is 90.1 cm³/mol. The Bertz CT molecular complexity index is 796. The van der Waals surface area contributed by atoms with Crippen molar-refractivity contribution in [2.24, 2.45) is 0 Å². The third-order valence-corrected chi connectivity index (χ3v) is 6.64. The molecule has 0 amide bonds. The summed E-state index contributed by atoms with van der Waals surface area (Å²) < 4.78 is 25.2. The lowest BCUT2D eigenvalue weighted by molar-refractivity contribution is 0.243. The van der Waals surface area contributed by atoms with Crippen LogP contribution in [-0.4, -0.2) is 57.7 Å². The molecule has 3 rings (SSSR count). The standard InChI is InChI=1S/C14H21N5O2S2/c1-4-19-13(7-18(3)11-5-6-23(20,21)9-11)16-14(17-19)12-8-22-10(2)15-12/h8,11H,4-7,9H2,1-3H3. The van der Waals surface area contributed by atoms with Crippen molar-refractivity contribution >= 4 is 21.2 Å². The van der Waals surface area contributed by atoms with E-state index in [1.807, 2.05) is 31.0 Å². The number of thiazole rings is 1. The van der Waals surface area contributed by atoms with Crippen LogP contribution in [0.3, 0.4) is 0 Å². The van der Waals surface area contributed by atoms with Gasteiger partial charge in [-0.1, -0.05) is 0 Å². The minimum atomic E-state index is -2.88. The second-order valence-corrected chi connectivity index (χ2v) is 9.18. The maximum atomic E-state index is 11.6. The minimum absolute atomic E-state index is 0.0620. The van der Waals surface area contributed by atoms with Crippen LogP contribution in [0, 0.1) is 6.92 Å². The highest BCUT2D eigenvalue weighted by molar-refractivity contribution is 7.91. The van der Waals surface area contributed by atoms with Crippen LogP contribution in [0.15, 0.2) is 5.38 Å². The number of hydrogen-bond donors (Lipinski definition) is 0. The van der Waals surface area contributed by atoms with Crippen LogP contribution in [0.25, 0.3) is 11.5 Å². The van der Waals surface area contributed by atoms with E-state index in [-0.39, 0.29) is 17.5 Å². The van der Waals surface area contributed by atoms with Gasteiger partial charge in [0.05, 0.1) is 23.1 Å². The second kappa shape index (κ2) is 6.29. The fraction of sp³-hybridized carbons (Fsp3) is 0.643. The normalized spacial score (nSPS) is 20.4. The second-order valence-electron chi connectivity index (χ2n) is 5.89. The molecule has 0 bridgehead atoms. The third kappa shape index (κ3) is 3.61. The summed E-state index contributed by atoms with van der Waals surface area (Å²) in [7, 11) is -0.925. The van der Waals surface area contributed by atoms with Gasteiger partial charge in [0, 0.05) is 18.0 Å². The van der Waals surface area contributed by atoms with Gasteiger partial charge in [0.2, 0.25) is 5.82 Å². The van der Waals surface area contributed by atoms with Crippen LogP contribution in [0.5, 0.6) is 0 Å². The van der Waals surface area contributed by atoms with Crippen molar-refractivity contribution in [3.63, 3.8) is 0 Å². The Morgan fingerprint density at radius 2 is 2.22 bits per heavy atom. The van der Waals surface area contributed by atoms with E-state index in [4.69, 9.17) is 0 Å². The Balaban J connectivity index is 1.78. The lowest BCUT2D eigenvalue weighted by Gasteiger charge is -2.22. The highest BCUT2D eigenvalue weighted by Gasteiger charge is 2.31. The molecule has 3 heterocycles. The molecule has 2 aromatic heterocycles.